The molecule has 1 aromatic heterocycles. The highest BCUT2D eigenvalue weighted by atomic mass is 16.6. The van der Waals surface area contributed by atoms with E-state index in [4.69, 9.17) is 5.11 Å². The van der Waals surface area contributed by atoms with Gasteiger partial charge in [0.15, 0.2) is 5.69 Å². The fourth-order valence-electron chi connectivity index (χ4n) is 1.80. The molecule has 1 aromatic rings. The van der Waals surface area contributed by atoms with E-state index in [9.17, 15) is 14.9 Å². The predicted octanol–water partition coefficient (Wildman–Crippen LogP) is 2.31. The number of carbonyl (C=O) groups is 1. The van der Waals surface area contributed by atoms with E-state index in [-0.39, 0.29) is 17.2 Å². The number of pyridine rings is 1. The Labute approximate surface area is 111 Å². The quantitative estimate of drug-likeness (QED) is 0.601. The van der Waals surface area contributed by atoms with Crippen molar-refractivity contribution in [1.29, 1.82) is 0 Å². The van der Waals surface area contributed by atoms with Gasteiger partial charge < -0.3 is 10.0 Å². The molecule has 104 valence electrons. The topological polar surface area (TPSA) is 96.6 Å². The Kier molecular flexibility index (Phi) is 5.23. The second-order valence-corrected chi connectivity index (χ2v) is 4.09. The number of aromatic nitrogens is 1. The highest BCUT2D eigenvalue weighted by molar-refractivity contribution is 5.86. The van der Waals surface area contributed by atoms with Crippen LogP contribution in [0.1, 0.15) is 37.2 Å². The van der Waals surface area contributed by atoms with Crippen molar-refractivity contribution in [3.63, 3.8) is 0 Å². The molecule has 0 atom stereocenters. The molecule has 19 heavy (non-hydrogen) atoms. The molecular formula is C12H17N3O4. The first-order valence-corrected chi connectivity index (χ1v) is 6.14. The van der Waals surface area contributed by atoms with Crippen LogP contribution in [0.15, 0.2) is 12.1 Å². The van der Waals surface area contributed by atoms with Gasteiger partial charge in [0, 0.05) is 19.2 Å². The molecule has 0 aliphatic carbocycles. The van der Waals surface area contributed by atoms with Gasteiger partial charge in [-0.3, -0.25) is 10.1 Å². The summed E-state index contributed by atoms with van der Waals surface area (Å²) < 4.78 is 0. The second kappa shape index (κ2) is 6.67. The van der Waals surface area contributed by atoms with Crippen molar-refractivity contribution in [2.75, 3.05) is 18.0 Å². The van der Waals surface area contributed by atoms with Gasteiger partial charge in [0.05, 0.1) is 4.92 Å². The summed E-state index contributed by atoms with van der Waals surface area (Å²) in [5, 5.41) is 19.9. The zero-order valence-electron chi connectivity index (χ0n) is 11.0. The summed E-state index contributed by atoms with van der Waals surface area (Å²) in [4.78, 5) is 27.1. The van der Waals surface area contributed by atoms with E-state index < -0.39 is 10.9 Å². The molecule has 1 heterocycles. The van der Waals surface area contributed by atoms with Crippen molar-refractivity contribution in [2.45, 2.75) is 26.7 Å². The molecule has 0 spiro atoms. The van der Waals surface area contributed by atoms with Crippen molar-refractivity contribution in [1.82, 2.24) is 4.98 Å². The van der Waals surface area contributed by atoms with Crippen LogP contribution in [0, 0.1) is 10.1 Å². The normalized spacial score (nSPS) is 10.2. The fraction of sp³-hybridized carbons (Fsp3) is 0.500. The smallest absolute Gasteiger partial charge is 0.354 e. The summed E-state index contributed by atoms with van der Waals surface area (Å²) in [5.41, 5.74) is -0.343. The van der Waals surface area contributed by atoms with Gasteiger partial charge in [-0.25, -0.2) is 9.78 Å². The highest BCUT2D eigenvalue weighted by Gasteiger charge is 2.22. The first-order chi connectivity index (χ1) is 9.01. The molecule has 0 radical (unpaired) electrons. The van der Waals surface area contributed by atoms with E-state index in [0.717, 1.165) is 18.9 Å². The van der Waals surface area contributed by atoms with Gasteiger partial charge in [0.25, 0.3) is 0 Å². The molecule has 1 rings (SSSR count). The fourth-order valence-corrected chi connectivity index (χ4v) is 1.80. The molecule has 7 nitrogen and oxygen atoms in total. The summed E-state index contributed by atoms with van der Waals surface area (Å²) in [6, 6.07) is 2.35. The van der Waals surface area contributed by atoms with Crippen LogP contribution in [0.3, 0.4) is 0 Å². The molecule has 0 saturated heterocycles. The number of anilines is 1. The Hall–Kier alpha value is -2.18. The summed E-state index contributed by atoms with van der Waals surface area (Å²) in [7, 11) is 0. The maximum Gasteiger partial charge on any atom is 0.354 e. The maximum atomic E-state index is 11.0. The molecule has 0 amide bonds. The van der Waals surface area contributed by atoms with Crippen molar-refractivity contribution in [3.05, 3.63) is 27.9 Å². The van der Waals surface area contributed by atoms with Crippen LogP contribution in [-0.4, -0.2) is 34.1 Å². The van der Waals surface area contributed by atoms with Gasteiger partial charge in [-0.1, -0.05) is 13.8 Å². The average molecular weight is 267 g/mol. The average Bonchev–Trinajstić information content (AvgIpc) is 2.37. The lowest BCUT2D eigenvalue weighted by Crippen LogP contribution is -2.27. The molecule has 0 saturated carbocycles. The van der Waals surface area contributed by atoms with Crippen LogP contribution in [0.25, 0.3) is 0 Å². The molecule has 0 aliphatic heterocycles. The summed E-state index contributed by atoms with van der Waals surface area (Å²) in [6.07, 6.45) is 1.60. The Bertz CT molecular complexity index is 470. The molecule has 1 N–H and O–H groups in total. The molecule has 0 unspecified atom stereocenters. The lowest BCUT2D eigenvalue weighted by Gasteiger charge is -2.22. The molecular weight excluding hydrogens is 250 g/mol. The van der Waals surface area contributed by atoms with Crippen molar-refractivity contribution in [2.24, 2.45) is 0 Å². The number of rotatable bonds is 7. The first kappa shape index (κ1) is 14.9. The summed E-state index contributed by atoms with van der Waals surface area (Å²) in [6.45, 7) is 5.11. The summed E-state index contributed by atoms with van der Waals surface area (Å²) in [5.74, 6) is -1.06. The van der Waals surface area contributed by atoms with E-state index in [2.05, 4.69) is 4.98 Å². The van der Waals surface area contributed by atoms with E-state index in [1.54, 1.807) is 4.90 Å². The minimum Gasteiger partial charge on any atom is -0.477 e. The standard InChI is InChI=1S/C12H17N3O4/c1-3-7-14(8-4-2)11-10(15(18)19)6-5-9(13-11)12(16)17/h5-6H,3-4,7-8H2,1-2H3,(H,16,17). The largest absolute Gasteiger partial charge is 0.477 e. The van der Waals surface area contributed by atoms with Gasteiger partial charge in [-0.2, -0.15) is 0 Å². The van der Waals surface area contributed by atoms with Crippen LogP contribution in [0.4, 0.5) is 11.5 Å². The van der Waals surface area contributed by atoms with Crippen LogP contribution in [0.5, 0.6) is 0 Å². The lowest BCUT2D eigenvalue weighted by molar-refractivity contribution is -0.384. The number of carboxylic acid groups (broad SMARTS) is 1. The van der Waals surface area contributed by atoms with Gasteiger partial charge in [0.1, 0.15) is 0 Å². The van der Waals surface area contributed by atoms with Gasteiger partial charge >= 0.3 is 11.7 Å². The van der Waals surface area contributed by atoms with Crippen molar-refractivity contribution >= 4 is 17.5 Å². The third-order valence-electron chi connectivity index (χ3n) is 2.56. The molecule has 0 aromatic carbocycles. The third-order valence-corrected chi connectivity index (χ3v) is 2.56. The molecule has 7 heteroatoms. The van der Waals surface area contributed by atoms with E-state index in [1.165, 1.54) is 6.07 Å². The number of hydrogen-bond acceptors (Lipinski definition) is 5. The van der Waals surface area contributed by atoms with Crippen LogP contribution < -0.4 is 4.90 Å². The Balaban J connectivity index is 3.28. The number of nitro groups is 1. The van der Waals surface area contributed by atoms with Crippen molar-refractivity contribution in [3.8, 4) is 0 Å². The Morgan fingerprint density at radius 3 is 2.37 bits per heavy atom. The SMILES string of the molecule is CCCN(CCC)c1nc(C(=O)O)ccc1[N+](=O)[O-]. The second-order valence-electron chi connectivity index (χ2n) is 4.09. The Morgan fingerprint density at radius 1 is 1.37 bits per heavy atom. The summed E-state index contributed by atoms with van der Waals surface area (Å²) >= 11 is 0. The first-order valence-electron chi connectivity index (χ1n) is 6.14. The van der Waals surface area contributed by atoms with Crippen LogP contribution in [0.2, 0.25) is 0 Å². The lowest BCUT2D eigenvalue weighted by atomic mass is 10.2. The van der Waals surface area contributed by atoms with Crippen LogP contribution >= 0.6 is 0 Å². The number of aromatic carboxylic acids is 1. The highest BCUT2D eigenvalue weighted by Crippen LogP contribution is 2.26. The number of nitrogens with zero attached hydrogens (tertiary/aromatic N) is 3. The zero-order valence-corrected chi connectivity index (χ0v) is 11.0. The van der Waals surface area contributed by atoms with E-state index in [1.807, 2.05) is 13.8 Å². The van der Waals surface area contributed by atoms with Gasteiger partial charge in [-0.05, 0) is 18.9 Å². The van der Waals surface area contributed by atoms with Gasteiger partial charge in [0.2, 0.25) is 5.82 Å². The van der Waals surface area contributed by atoms with Crippen LogP contribution in [-0.2, 0) is 0 Å². The minimum atomic E-state index is -1.19. The van der Waals surface area contributed by atoms with Gasteiger partial charge in [-0.15, -0.1) is 0 Å². The number of hydrogen-bond donors (Lipinski definition) is 1. The number of carboxylic acids is 1. The zero-order chi connectivity index (χ0) is 14.4. The van der Waals surface area contributed by atoms with E-state index >= 15 is 0 Å². The minimum absolute atomic E-state index is 0.133. The third kappa shape index (κ3) is 3.64. The maximum absolute atomic E-state index is 11.0. The monoisotopic (exact) mass is 267 g/mol. The van der Waals surface area contributed by atoms with E-state index in [0.29, 0.717) is 13.1 Å². The molecule has 0 aliphatic rings. The molecule has 0 bridgehead atoms. The Morgan fingerprint density at radius 2 is 1.95 bits per heavy atom. The predicted molar refractivity (Wildman–Crippen MR) is 70.6 cm³/mol. The molecule has 0 fully saturated rings. The van der Waals surface area contributed by atoms with Crippen molar-refractivity contribution < 1.29 is 14.8 Å².